The Morgan fingerprint density at radius 3 is 2.76 bits per heavy atom. The molecule has 1 aromatic heterocycles. The predicted octanol–water partition coefficient (Wildman–Crippen LogP) is 0.502. The van der Waals surface area contributed by atoms with Crippen LogP contribution in [0.3, 0.4) is 0 Å². The van der Waals surface area contributed by atoms with Crippen molar-refractivity contribution in [3.63, 3.8) is 0 Å². The van der Waals surface area contributed by atoms with Gasteiger partial charge in [-0.25, -0.2) is 0 Å². The molecule has 0 atom stereocenters. The molecule has 2 rings (SSSR count). The van der Waals surface area contributed by atoms with Gasteiger partial charge in [0.15, 0.2) is 0 Å². The number of aliphatic carboxylic acids is 1. The standard InChI is InChI=1S/C11H18N4O2/c1-14-7-10(12-13-14)8-15-4-2-9(3-5-15)6-11(16)17/h7,9H,2-6,8H2,1H3,(H,16,17). The van der Waals surface area contributed by atoms with Gasteiger partial charge in [-0.3, -0.25) is 14.4 Å². The largest absolute Gasteiger partial charge is 0.481 e. The van der Waals surface area contributed by atoms with E-state index in [9.17, 15) is 4.79 Å². The third-order valence-electron chi connectivity index (χ3n) is 3.21. The highest BCUT2D eigenvalue weighted by Crippen LogP contribution is 2.21. The Balaban J connectivity index is 1.77. The number of nitrogens with zero attached hydrogens (tertiary/aromatic N) is 4. The summed E-state index contributed by atoms with van der Waals surface area (Å²) in [6, 6.07) is 0. The highest BCUT2D eigenvalue weighted by atomic mass is 16.4. The lowest BCUT2D eigenvalue weighted by Gasteiger charge is -2.30. The summed E-state index contributed by atoms with van der Waals surface area (Å²) in [7, 11) is 1.86. The molecule has 1 N–H and O–H groups in total. The number of carbonyl (C=O) groups is 1. The first-order valence-corrected chi connectivity index (χ1v) is 5.93. The van der Waals surface area contributed by atoms with Gasteiger partial charge in [0.2, 0.25) is 0 Å². The van der Waals surface area contributed by atoms with E-state index in [0.29, 0.717) is 12.3 Å². The van der Waals surface area contributed by atoms with Crippen LogP contribution in [-0.2, 0) is 18.4 Å². The minimum absolute atomic E-state index is 0.305. The fraction of sp³-hybridized carbons (Fsp3) is 0.727. The van der Waals surface area contributed by atoms with Crippen molar-refractivity contribution in [1.29, 1.82) is 0 Å². The van der Waals surface area contributed by atoms with Gasteiger partial charge in [0, 0.05) is 26.2 Å². The summed E-state index contributed by atoms with van der Waals surface area (Å²) in [4.78, 5) is 12.9. The third kappa shape index (κ3) is 3.52. The highest BCUT2D eigenvalue weighted by Gasteiger charge is 2.21. The summed E-state index contributed by atoms with van der Waals surface area (Å²) in [6.07, 6.45) is 4.15. The van der Waals surface area contributed by atoms with E-state index in [2.05, 4.69) is 15.2 Å². The quantitative estimate of drug-likeness (QED) is 0.827. The molecule has 0 bridgehead atoms. The van der Waals surface area contributed by atoms with E-state index < -0.39 is 5.97 Å². The summed E-state index contributed by atoms with van der Waals surface area (Å²) in [5.41, 5.74) is 0.976. The Morgan fingerprint density at radius 2 is 2.24 bits per heavy atom. The van der Waals surface area contributed by atoms with Gasteiger partial charge in [-0.1, -0.05) is 5.21 Å². The van der Waals surface area contributed by atoms with Crippen LogP contribution in [0.4, 0.5) is 0 Å². The second-order valence-corrected chi connectivity index (χ2v) is 4.70. The SMILES string of the molecule is Cn1cc(CN2CCC(CC(=O)O)CC2)nn1. The van der Waals surface area contributed by atoms with Crippen LogP contribution in [0.2, 0.25) is 0 Å². The maximum Gasteiger partial charge on any atom is 0.303 e. The second kappa shape index (κ2) is 5.27. The van der Waals surface area contributed by atoms with Crippen LogP contribution in [0.5, 0.6) is 0 Å². The second-order valence-electron chi connectivity index (χ2n) is 4.70. The number of hydrogen-bond donors (Lipinski definition) is 1. The molecule has 6 nitrogen and oxygen atoms in total. The minimum atomic E-state index is -0.683. The van der Waals surface area contributed by atoms with Crippen LogP contribution in [0.25, 0.3) is 0 Å². The lowest BCUT2D eigenvalue weighted by Crippen LogP contribution is -2.34. The molecular weight excluding hydrogens is 220 g/mol. The zero-order valence-corrected chi connectivity index (χ0v) is 10.0. The number of carboxylic acid groups (broad SMARTS) is 1. The van der Waals surface area contributed by atoms with E-state index in [1.54, 1.807) is 4.68 Å². The predicted molar refractivity (Wildman–Crippen MR) is 61.3 cm³/mol. The topological polar surface area (TPSA) is 71.2 Å². The number of likely N-dealkylation sites (tertiary alicyclic amines) is 1. The molecule has 1 aliphatic rings. The van der Waals surface area contributed by atoms with Crippen molar-refractivity contribution in [1.82, 2.24) is 19.9 Å². The average Bonchev–Trinajstić information content (AvgIpc) is 2.66. The summed E-state index contributed by atoms with van der Waals surface area (Å²) in [5.74, 6) is -0.344. The van der Waals surface area contributed by atoms with E-state index in [1.165, 1.54) is 0 Å². The van der Waals surface area contributed by atoms with Crippen molar-refractivity contribution in [3.8, 4) is 0 Å². The fourth-order valence-corrected chi connectivity index (χ4v) is 2.29. The maximum atomic E-state index is 10.6. The van der Waals surface area contributed by atoms with Crippen molar-refractivity contribution in [2.24, 2.45) is 13.0 Å². The summed E-state index contributed by atoms with van der Waals surface area (Å²) < 4.78 is 1.70. The number of hydrogen-bond acceptors (Lipinski definition) is 4. The van der Waals surface area contributed by atoms with Crippen LogP contribution in [-0.4, -0.2) is 44.1 Å². The Kier molecular flexibility index (Phi) is 3.73. The summed E-state index contributed by atoms with van der Waals surface area (Å²) in [6.45, 7) is 2.72. The molecular formula is C11H18N4O2. The molecule has 0 radical (unpaired) electrons. The Morgan fingerprint density at radius 1 is 1.53 bits per heavy atom. The van der Waals surface area contributed by atoms with Crippen molar-refractivity contribution in [3.05, 3.63) is 11.9 Å². The van der Waals surface area contributed by atoms with Crippen LogP contribution in [0.1, 0.15) is 25.0 Å². The van der Waals surface area contributed by atoms with Crippen LogP contribution in [0.15, 0.2) is 6.20 Å². The summed E-state index contributed by atoms with van der Waals surface area (Å²) in [5, 5.41) is 16.7. The maximum absolute atomic E-state index is 10.6. The van der Waals surface area contributed by atoms with Gasteiger partial charge in [0.1, 0.15) is 0 Å². The molecule has 1 saturated heterocycles. The molecule has 6 heteroatoms. The van der Waals surface area contributed by atoms with Crippen LogP contribution in [0, 0.1) is 5.92 Å². The van der Waals surface area contributed by atoms with E-state index in [1.807, 2.05) is 13.2 Å². The first-order valence-electron chi connectivity index (χ1n) is 5.93. The molecule has 2 heterocycles. The van der Waals surface area contributed by atoms with Gasteiger partial charge in [-0.15, -0.1) is 5.10 Å². The smallest absolute Gasteiger partial charge is 0.303 e. The van der Waals surface area contributed by atoms with E-state index in [-0.39, 0.29) is 0 Å². The monoisotopic (exact) mass is 238 g/mol. The lowest BCUT2D eigenvalue weighted by atomic mass is 9.93. The van der Waals surface area contributed by atoms with Crippen molar-refractivity contribution in [2.75, 3.05) is 13.1 Å². The third-order valence-corrected chi connectivity index (χ3v) is 3.21. The van der Waals surface area contributed by atoms with E-state index in [4.69, 9.17) is 5.11 Å². The average molecular weight is 238 g/mol. The first kappa shape index (κ1) is 12.0. The van der Waals surface area contributed by atoms with Gasteiger partial charge < -0.3 is 5.11 Å². The van der Waals surface area contributed by atoms with Crippen LogP contribution < -0.4 is 0 Å². The zero-order chi connectivity index (χ0) is 12.3. The normalized spacial score (nSPS) is 18.4. The lowest BCUT2D eigenvalue weighted by molar-refractivity contribution is -0.138. The van der Waals surface area contributed by atoms with Gasteiger partial charge in [-0.2, -0.15) is 0 Å². The molecule has 17 heavy (non-hydrogen) atoms. The van der Waals surface area contributed by atoms with Crippen molar-refractivity contribution in [2.45, 2.75) is 25.8 Å². The fourth-order valence-electron chi connectivity index (χ4n) is 2.29. The van der Waals surface area contributed by atoms with Gasteiger partial charge in [0.05, 0.1) is 5.69 Å². The van der Waals surface area contributed by atoms with Gasteiger partial charge >= 0.3 is 5.97 Å². The number of carboxylic acids is 1. The zero-order valence-electron chi connectivity index (χ0n) is 10.0. The Labute approximate surface area is 100 Å². The molecule has 0 aromatic carbocycles. The number of aryl methyl sites for hydroxylation is 1. The van der Waals surface area contributed by atoms with E-state index in [0.717, 1.165) is 38.2 Å². The molecule has 0 unspecified atom stereocenters. The number of rotatable bonds is 4. The minimum Gasteiger partial charge on any atom is -0.481 e. The number of aromatic nitrogens is 3. The van der Waals surface area contributed by atoms with Gasteiger partial charge in [0.25, 0.3) is 0 Å². The molecule has 0 saturated carbocycles. The molecule has 1 fully saturated rings. The van der Waals surface area contributed by atoms with Crippen LogP contribution >= 0.6 is 0 Å². The molecule has 0 spiro atoms. The molecule has 1 aromatic rings. The van der Waals surface area contributed by atoms with E-state index >= 15 is 0 Å². The van der Waals surface area contributed by atoms with Crippen molar-refractivity contribution < 1.29 is 9.90 Å². The Hall–Kier alpha value is -1.43. The molecule has 1 aliphatic heterocycles. The molecule has 0 amide bonds. The van der Waals surface area contributed by atoms with Gasteiger partial charge in [-0.05, 0) is 31.8 Å². The Bertz CT molecular complexity index is 383. The highest BCUT2D eigenvalue weighted by molar-refractivity contribution is 5.67. The molecule has 0 aliphatic carbocycles. The number of piperidine rings is 1. The first-order chi connectivity index (χ1) is 8.13. The summed E-state index contributed by atoms with van der Waals surface area (Å²) >= 11 is 0. The molecule has 94 valence electrons. The van der Waals surface area contributed by atoms with Crippen molar-refractivity contribution >= 4 is 5.97 Å².